The third-order valence-electron chi connectivity index (χ3n) is 4.45. The van der Waals surface area contributed by atoms with Crippen LogP contribution in [0.25, 0.3) is 22.6 Å². The van der Waals surface area contributed by atoms with E-state index in [-0.39, 0.29) is 39.7 Å². The molecular weight excluding hydrogens is 402 g/mol. The molecule has 0 saturated heterocycles. The highest BCUT2D eigenvalue weighted by atomic mass is 35.5. The standard InChI is InChI=1S/C20H17ClF2N4O2/c1-20(2,19(24)29)7-10-3-4-13(21)16(17(10)23)18-26-14(6-15(28)27-18)11-5-12(22)9-25-8-11/h3-6,8-9H,7H2,1-2H3,(H2,24,29)(H,26,27,28). The van der Waals surface area contributed by atoms with Crippen molar-refractivity contribution in [3.05, 3.63) is 69.2 Å². The van der Waals surface area contributed by atoms with Crippen LogP contribution in [0.15, 0.2) is 41.5 Å². The number of hydrogen-bond donors (Lipinski definition) is 2. The molecule has 2 heterocycles. The minimum atomic E-state index is -0.998. The van der Waals surface area contributed by atoms with Crippen molar-refractivity contribution in [2.24, 2.45) is 11.1 Å². The number of amides is 1. The topological polar surface area (TPSA) is 102 Å². The SMILES string of the molecule is CC(C)(Cc1ccc(Cl)c(-c2nc(-c3cncc(F)c3)cc(=O)[nH]2)c1F)C(N)=O. The zero-order valence-corrected chi connectivity index (χ0v) is 16.3. The van der Waals surface area contributed by atoms with E-state index in [9.17, 15) is 14.0 Å². The predicted molar refractivity (Wildman–Crippen MR) is 105 cm³/mol. The molecule has 0 atom stereocenters. The molecule has 0 aliphatic heterocycles. The molecule has 1 aromatic carbocycles. The summed E-state index contributed by atoms with van der Waals surface area (Å²) >= 11 is 6.18. The van der Waals surface area contributed by atoms with Gasteiger partial charge in [-0.25, -0.2) is 13.8 Å². The summed E-state index contributed by atoms with van der Waals surface area (Å²) in [5.74, 6) is -2.05. The number of carbonyl (C=O) groups is 1. The van der Waals surface area contributed by atoms with E-state index in [2.05, 4.69) is 15.0 Å². The average molecular weight is 419 g/mol. The summed E-state index contributed by atoms with van der Waals surface area (Å²) in [5.41, 5.74) is 4.22. The third-order valence-corrected chi connectivity index (χ3v) is 4.76. The summed E-state index contributed by atoms with van der Waals surface area (Å²) in [6, 6.07) is 5.20. The first-order valence-corrected chi connectivity index (χ1v) is 8.96. The van der Waals surface area contributed by atoms with Gasteiger partial charge in [0.1, 0.15) is 17.5 Å². The fourth-order valence-electron chi connectivity index (χ4n) is 2.79. The molecule has 9 heteroatoms. The van der Waals surface area contributed by atoms with Gasteiger partial charge < -0.3 is 10.7 Å². The van der Waals surface area contributed by atoms with Crippen LogP contribution in [0.1, 0.15) is 19.4 Å². The van der Waals surface area contributed by atoms with Gasteiger partial charge in [-0.2, -0.15) is 0 Å². The Morgan fingerprint density at radius 2 is 1.97 bits per heavy atom. The highest BCUT2D eigenvalue weighted by Crippen LogP contribution is 2.33. The smallest absolute Gasteiger partial charge is 0.251 e. The Morgan fingerprint density at radius 1 is 1.24 bits per heavy atom. The number of primary amides is 1. The molecule has 0 aliphatic carbocycles. The number of aromatic amines is 1. The summed E-state index contributed by atoms with van der Waals surface area (Å²) in [7, 11) is 0. The average Bonchev–Trinajstić information content (AvgIpc) is 2.63. The van der Waals surface area contributed by atoms with Crippen LogP contribution in [0.2, 0.25) is 5.02 Å². The van der Waals surface area contributed by atoms with E-state index in [0.717, 1.165) is 18.3 Å². The summed E-state index contributed by atoms with van der Waals surface area (Å²) in [6.45, 7) is 3.20. The van der Waals surface area contributed by atoms with Crippen LogP contribution in [0, 0.1) is 17.0 Å². The van der Waals surface area contributed by atoms with E-state index >= 15 is 4.39 Å². The van der Waals surface area contributed by atoms with Crippen LogP contribution in [0.5, 0.6) is 0 Å². The molecule has 0 fully saturated rings. The summed E-state index contributed by atoms with van der Waals surface area (Å²) in [6.07, 6.45) is 2.37. The molecule has 29 heavy (non-hydrogen) atoms. The number of hydrogen-bond acceptors (Lipinski definition) is 4. The second kappa shape index (κ2) is 7.71. The quantitative estimate of drug-likeness (QED) is 0.662. The molecule has 0 radical (unpaired) electrons. The second-order valence-electron chi connectivity index (χ2n) is 7.19. The van der Waals surface area contributed by atoms with Crippen molar-refractivity contribution in [3.8, 4) is 22.6 Å². The molecule has 0 spiro atoms. The van der Waals surface area contributed by atoms with Gasteiger partial charge in [0.2, 0.25) is 5.91 Å². The first-order valence-electron chi connectivity index (χ1n) is 8.58. The lowest BCUT2D eigenvalue weighted by molar-refractivity contribution is -0.125. The summed E-state index contributed by atoms with van der Waals surface area (Å²) < 4.78 is 28.8. The van der Waals surface area contributed by atoms with Gasteiger partial charge in [0.25, 0.3) is 5.56 Å². The van der Waals surface area contributed by atoms with Crippen LogP contribution in [-0.4, -0.2) is 20.9 Å². The van der Waals surface area contributed by atoms with Crippen molar-refractivity contribution in [2.75, 3.05) is 0 Å². The number of H-pyrrole nitrogens is 1. The van der Waals surface area contributed by atoms with Gasteiger partial charge in [-0.05, 0) is 24.1 Å². The molecule has 6 nitrogen and oxygen atoms in total. The number of nitrogens with zero attached hydrogens (tertiary/aromatic N) is 2. The number of nitrogens with two attached hydrogens (primary N) is 1. The second-order valence-corrected chi connectivity index (χ2v) is 7.60. The Balaban J connectivity index is 2.15. The van der Waals surface area contributed by atoms with E-state index < -0.39 is 28.5 Å². The maximum Gasteiger partial charge on any atom is 0.251 e. The molecule has 150 valence electrons. The van der Waals surface area contributed by atoms with Crippen molar-refractivity contribution >= 4 is 17.5 Å². The van der Waals surface area contributed by atoms with Gasteiger partial charge >= 0.3 is 0 Å². The molecule has 0 aliphatic rings. The van der Waals surface area contributed by atoms with Gasteiger partial charge in [-0.15, -0.1) is 0 Å². The number of nitrogens with one attached hydrogen (secondary N) is 1. The Morgan fingerprint density at radius 3 is 2.62 bits per heavy atom. The number of pyridine rings is 1. The lowest BCUT2D eigenvalue weighted by Crippen LogP contribution is -2.33. The number of rotatable bonds is 5. The maximum absolute atomic E-state index is 15.3. The van der Waals surface area contributed by atoms with E-state index in [1.54, 1.807) is 13.8 Å². The number of halogens is 3. The minimum absolute atomic E-state index is 0.0146. The van der Waals surface area contributed by atoms with Crippen LogP contribution >= 0.6 is 11.6 Å². The van der Waals surface area contributed by atoms with Crippen LogP contribution in [-0.2, 0) is 11.2 Å². The number of carbonyl (C=O) groups excluding carboxylic acids is 1. The molecule has 3 aromatic rings. The third kappa shape index (κ3) is 4.32. The van der Waals surface area contributed by atoms with Crippen molar-refractivity contribution in [1.29, 1.82) is 0 Å². The molecule has 3 rings (SSSR count). The predicted octanol–water partition coefficient (Wildman–Crippen LogP) is 3.48. The highest BCUT2D eigenvalue weighted by Gasteiger charge is 2.28. The van der Waals surface area contributed by atoms with Crippen molar-refractivity contribution in [3.63, 3.8) is 0 Å². The molecule has 3 N–H and O–H groups in total. The van der Waals surface area contributed by atoms with E-state index in [1.165, 1.54) is 18.3 Å². The molecule has 0 saturated carbocycles. The highest BCUT2D eigenvalue weighted by molar-refractivity contribution is 6.33. The van der Waals surface area contributed by atoms with Gasteiger partial charge in [0.05, 0.1) is 22.5 Å². The number of aromatic nitrogens is 3. The van der Waals surface area contributed by atoms with Gasteiger partial charge in [-0.3, -0.25) is 14.6 Å². The lowest BCUT2D eigenvalue weighted by Gasteiger charge is -2.21. The lowest BCUT2D eigenvalue weighted by atomic mass is 9.84. The van der Waals surface area contributed by atoms with Crippen LogP contribution in [0.3, 0.4) is 0 Å². The molecular formula is C20H17ClF2N4O2. The Hall–Kier alpha value is -3.13. The van der Waals surface area contributed by atoms with Gasteiger partial charge in [-0.1, -0.05) is 31.5 Å². The molecule has 1 amide bonds. The first-order chi connectivity index (χ1) is 13.6. The maximum atomic E-state index is 15.3. The van der Waals surface area contributed by atoms with Crippen molar-refractivity contribution in [2.45, 2.75) is 20.3 Å². The van der Waals surface area contributed by atoms with Gasteiger partial charge in [0, 0.05) is 23.2 Å². The van der Waals surface area contributed by atoms with Crippen LogP contribution < -0.4 is 11.3 Å². The fourth-order valence-corrected chi connectivity index (χ4v) is 3.02. The molecule has 0 bridgehead atoms. The first kappa shape index (κ1) is 20.6. The molecule has 2 aromatic heterocycles. The van der Waals surface area contributed by atoms with E-state index in [4.69, 9.17) is 17.3 Å². The van der Waals surface area contributed by atoms with Crippen LogP contribution in [0.4, 0.5) is 8.78 Å². The zero-order valence-electron chi connectivity index (χ0n) is 15.6. The van der Waals surface area contributed by atoms with Crippen molar-refractivity contribution in [1.82, 2.24) is 15.0 Å². The fraction of sp³-hybridized carbons (Fsp3) is 0.200. The Labute approximate surface area is 169 Å². The summed E-state index contributed by atoms with van der Waals surface area (Å²) in [5, 5.41) is 0.0146. The number of benzene rings is 1. The van der Waals surface area contributed by atoms with E-state index in [1.807, 2.05) is 0 Å². The minimum Gasteiger partial charge on any atom is -0.369 e. The Bertz CT molecular complexity index is 1160. The normalized spacial score (nSPS) is 11.5. The van der Waals surface area contributed by atoms with E-state index in [0.29, 0.717) is 0 Å². The largest absolute Gasteiger partial charge is 0.369 e. The van der Waals surface area contributed by atoms with Gasteiger partial charge in [0.15, 0.2) is 0 Å². The van der Waals surface area contributed by atoms with Crippen molar-refractivity contribution < 1.29 is 13.6 Å². The Kier molecular flexibility index (Phi) is 5.48. The monoisotopic (exact) mass is 418 g/mol. The molecule has 0 unspecified atom stereocenters. The zero-order chi connectivity index (χ0) is 21.3. The summed E-state index contributed by atoms with van der Waals surface area (Å²) in [4.78, 5) is 34.1.